The standard InChI is InChI=1S/C19H21NO4S/c1-15-6-5-7-17(14-15)24-19(21)16-10-12-20(13-11-16)25(22,23)18-8-3-2-4-9-18/h2-9,14,16H,10-13H2,1H3. The molecule has 0 unspecified atom stereocenters. The molecule has 2 aromatic carbocycles. The number of hydrogen-bond donors (Lipinski definition) is 0. The van der Waals surface area contributed by atoms with Gasteiger partial charge in [0.1, 0.15) is 5.75 Å². The Hall–Kier alpha value is -2.18. The second-order valence-electron chi connectivity index (χ2n) is 6.23. The second-order valence-corrected chi connectivity index (χ2v) is 8.17. The summed E-state index contributed by atoms with van der Waals surface area (Å²) in [6, 6.07) is 15.7. The molecule has 0 aliphatic carbocycles. The number of sulfonamides is 1. The molecule has 1 aliphatic rings. The topological polar surface area (TPSA) is 63.7 Å². The number of hydrogen-bond acceptors (Lipinski definition) is 4. The number of aryl methyl sites for hydroxylation is 1. The molecule has 0 radical (unpaired) electrons. The van der Waals surface area contributed by atoms with E-state index < -0.39 is 10.0 Å². The second kappa shape index (κ2) is 7.37. The fourth-order valence-corrected chi connectivity index (χ4v) is 4.44. The van der Waals surface area contributed by atoms with Crippen molar-refractivity contribution >= 4 is 16.0 Å². The summed E-state index contributed by atoms with van der Waals surface area (Å²) in [7, 11) is -3.49. The third-order valence-electron chi connectivity index (χ3n) is 4.38. The van der Waals surface area contributed by atoms with E-state index in [1.165, 1.54) is 4.31 Å². The van der Waals surface area contributed by atoms with Gasteiger partial charge in [0.05, 0.1) is 10.8 Å². The van der Waals surface area contributed by atoms with Gasteiger partial charge in [0.15, 0.2) is 0 Å². The van der Waals surface area contributed by atoms with Crippen LogP contribution >= 0.6 is 0 Å². The van der Waals surface area contributed by atoms with Crippen molar-refractivity contribution in [2.75, 3.05) is 13.1 Å². The third kappa shape index (κ3) is 4.08. The van der Waals surface area contributed by atoms with Crippen LogP contribution in [0.5, 0.6) is 5.75 Å². The van der Waals surface area contributed by atoms with Gasteiger partial charge in [-0.25, -0.2) is 8.42 Å². The van der Waals surface area contributed by atoms with Gasteiger partial charge in [0, 0.05) is 13.1 Å². The highest BCUT2D eigenvalue weighted by Crippen LogP contribution is 2.25. The minimum atomic E-state index is -3.49. The lowest BCUT2D eigenvalue weighted by Gasteiger charge is -2.30. The van der Waals surface area contributed by atoms with Gasteiger partial charge in [-0.15, -0.1) is 0 Å². The Bertz CT molecular complexity index is 841. The smallest absolute Gasteiger partial charge is 0.314 e. The van der Waals surface area contributed by atoms with Crippen LogP contribution in [0, 0.1) is 12.8 Å². The molecule has 0 amide bonds. The minimum Gasteiger partial charge on any atom is -0.426 e. The van der Waals surface area contributed by atoms with Gasteiger partial charge in [-0.2, -0.15) is 4.31 Å². The van der Waals surface area contributed by atoms with E-state index in [4.69, 9.17) is 4.74 Å². The maximum absolute atomic E-state index is 12.6. The summed E-state index contributed by atoms with van der Waals surface area (Å²) in [5, 5.41) is 0. The summed E-state index contributed by atoms with van der Waals surface area (Å²) in [4.78, 5) is 12.6. The van der Waals surface area contributed by atoms with Crippen molar-refractivity contribution in [1.29, 1.82) is 0 Å². The van der Waals surface area contributed by atoms with E-state index in [2.05, 4.69) is 0 Å². The van der Waals surface area contributed by atoms with E-state index in [0.29, 0.717) is 31.7 Å². The zero-order chi connectivity index (χ0) is 17.9. The summed E-state index contributed by atoms with van der Waals surface area (Å²) in [5.41, 5.74) is 1.02. The quantitative estimate of drug-likeness (QED) is 0.622. The van der Waals surface area contributed by atoms with Crippen LogP contribution in [0.1, 0.15) is 18.4 Å². The fraction of sp³-hybridized carbons (Fsp3) is 0.316. The van der Waals surface area contributed by atoms with Crippen LogP contribution < -0.4 is 4.74 Å². The summed E-state index contributed by atoms with van der Waals surface area (Å²) >= 11 is 0. The number of rotatable bonds is 4. The molecule has 0 aromatic heterocycles. The van der Waals surface area contributed by atoms with Gasteiger partial charge in [0.25, 0.3) is 0 Å². The Morgan fingerprint density at radius 2 is 1.72 bits per heavy atom. The zero-order valence-corrected chi connectivity index (χ0v) is 14.9. The Balaban J connectivity index is 1.61. The fourth-order valence-electron chi connectivity index (χ4n) is 2.95. The van der Waals surface area contributed by atoms with Crippen LogP contribution in [0.25, 0.3) is 0 Å². The number of benzene rings is 2. The Morgan fingerprint density at radius 3 is 2.36 bits per heavy atom. The van der Waals surface area contributed by atoms with E-state index >= 15 is 0 Å². The molecule has 0 N–H and O–H groups in total. The van der Waals surface area contributed by atoms with E-state index in [9.17, 15) is 13.2 Å². The lowest BCUT2D eigenvalue weighted by molar-refractivity contribution is -0.140. The first-order chi connectivity index (χ1) is 12.0. The third-order valence-corrected chi connectivity index (χ3v) is 6.29. The largest absolute Gasteiger partial charge is 0.426 e. The van der Waals surface area contributed by atoms with E-state index in [1.807, 2.05) is 25.1 Å². The van der Waals surface area contributed by atoms with Gasteiger partial charge in [-0.05, 0) is 49.6 Å². The summed E-state index contributed by atoms with van der Waals surface area (Å²) in [5.74, 6) is -0.0329. The highest BCUT2D eigenvalue weighted by atomic mass is 32.2. The number of piperidine rings is 1. The molecule has 1 aliphatic heterocycles. The molecule has 1 saturated heterocycles. The lowest BCUT2D eigenvalue weighted by atomic mass is 9.98. The van der Waals surface area contributed by atoms with Gasteiger partial charge in [-0.3, -0.25) is 4.79 Å². The zero-order valence-electron chi connectivity index (χ0n) is 14.1. The monoisotopic (exact) mass is 359 g/mol. The highest BCUT2D eigenvalue weighted by Gasteiger charge is 2.32. The normalized spacial score (nSPS) is 16.5. The Labute approximate surface area is 148 Å². The molecule has 1 fully saturated rings. The molecule has 0 bridgehead atoms. The van der Waals surface area contributed by atoms with Gasteiger partial charge in [0.2, 0.25) is 10.0 Å². The van der Waals surface area contributed by atoms with Crippen LogP contribution in [0.4, 0.5) is 0 Å². The maximum Gasteiger partial charge on any atom is 0.314 e. The van der Waals surface area contributed by atoms with Crippen LogP contribution in [0.3, 0.4) is 0 Å². The molecular weight excluding hydrogens is 338 g/mol. The van der Waals surface area contributed by atoms with Crippen molar-refractivity contribution in [2.45, 2.75) is 24.7 Å². The first-order valence-corrected chi connectivity index (χ1v) is 9.74. The van der Waals surface area contributed by atoms with Crippen molar-refractivity contribution in [3.05, 3.63) is 60.2 Å². The van der Waals surface area contributed by atoms with Crippen LogP contribution in [0.2, 0.25) is 0 Å². The van der Waals surface area contributed by atoms with Crippen molar-refractivity contribution in [1.82, 2.24) is 4.31 Å². The van der Waals surface area contributed by atoms with E-state index in [1.54, 1.807) is 36.4 Å². The van der Waals surface area contributed by atoms with Crippen LogP contribution in [-0.4, -0.2) is 31.8 Å². The number of ether oxygens (including phenoxy) is 1. The molecule has 0 spiro atoms. The molecular formula is C19H21NO4S. The summed E-state index contributed by atoms with van der Waals surface area (Å²) in [6.45, 7) is 2.58. The molecule has 2 aromatic rings. The average molecular weight is 359 g/mol. The Morgan fingerprint density at radius 1 is 1.04 bits per heavy atom. The van der Waals surface area contributed by atoms with Crippen LogP contribution in [0.15, 0.2) is 59.5 Å². The highest BCUT2D eigenvalue weighted by molar-refractivity contribution is 7.89. The lowest BCUT2D eigenvalue weighted by Crippen LogP contribution is -2.41. The Kier molecular flexibility index (Phi) is 5.20. The molecule has 6 heteroatoms. The predicted molar refractivity (Wildman–Crippen MR) is 94.7 cm³/mol. The predicted octanol–water partition coefficient (Wildman–Crippen LogP) is 3.00. The molecule has 25 heavy (non-hydrogen) atoms. The minimum absolute atomic E-state index is 0.275. The molecule has 0 saturated carbocycles. The van der Waals surface area contributed by atoms with Crippen molar-refractivity contribution < 1.29 is 17.9 Å². The first-order valence-electron chi connectivity index (χ1n) is 8.30. The average Bonchev–Trinajstić information content (AvgIpc) is 2.62. The number of carbonyl (C=O) groups is 1. The SMILES string of the molecule is Cc1cccc(OC(=O)C2CCN(S(=O)(=O)c3ccccc3)CC2)c1. The van der Waals surface area contributed by atoms with Crippen molar-refractivity contribution in [3.63, 3.8) is 0 Å². The molecule has 1 heterocycles. The van der Waals surface area contributed by atoms with Gasteiger partial charge < -0.3 is 4.74 Å². The van der Waals surface area contributed by atoms with E-state index in [-0.39, 0.29) is 16.8 Å². The molecule has 3 rings (SSSR count). The maximum atomic E-state index is 12.6. The summed E-state index contributed by atoms with van der Waals surface area (Å²) in [6.07, 6.45) is 0.938. The van der Waals surface area contributed by atoms with Gasteiger partial charge in [-0.1, -0.05) is 30.3 Å². The molecule has 132 valence electrons. The summed E-state index contributed by atoms with van der Waals surface area (Å²) < 4.78 is 32.1. The van der Waals surface area contributed by atoms with Crippen molar-refractivity contribution in [2.24, 2.45) is 5.92 Å². The first kappa shape index (κ1) is 17.6. The van der Waals surface area contributed by atoms with E-state index in [0.717, 1.165) is 5.56 Å². The van der Waals surface area contributed by atoms with Gasteiger partial charge >= 0.3 is 5.97 Å². The molecule has 0 atom stereocenters. The number of esters is 1. The van der Waals surface area contributed by atoms with Crippen molar-refractivity contribution in [3.8, 4) is 5.75 Å². The number of carbonyl (C=O) groups excluding carboxylic acids is 1. The van der Waals surface area contributed by atoms with Crippen LogP contribution in [-0.2, 0) is 14.8 Å². The number of nitrogens with zero attached hydrogens (tertiary/aromatic N) is 1. The molecule has 5 nitrogen and oxygen atoms in total.